The van der Waals surface area contributed by atoms with Crippen molar-refractivity contribution in [1.82, 2.24) is 0 Å². The largest absolute Gasteiger partial charge is 0.192 e. The third-order valence-corrected chi connectivity index (χ3v) is 3.18. The molecule has 0 bridgehead atoms. The van der Waals surface area contributed by atoms with Gasteiger partial charge in [0.15, 0.2) is 0 Å². The summed E-state index contributed by atoms with van der Waals surface area (Å²) in [5, 5.41) is 8.56. The Morgan fingerprint density at radius 2 is 1.80 bits per heavy atom. The van der Waals surface area contributed by atoms with Gasteiger partial charge in [-0.15, -0.1) is 0 Å². The first-order valence-corrected chi connectivity index (χ1v) is 5.59. The van der Waals surface area contributed by atoms with Crippen molar-refractivity contribution in [3.63, 3.8) is 0 Å². The summed E-state index contributed by atoms with van der Waals surface area (Å²) in [7, 11) is 0. The quantitative estimate of drug-likeness (QED) is 0.500. The molecule has 1 heteroatoms. The third kappa shape index (κ3) is 3.75. The molecule has 0 heterocycles. The number of nitriles is 1. The van der Waals surface area contributed by atoms with Crippen LogP contribution in [0.15, 0.2) is 36.5 Å². The summed E-state index contributed by atoms with van der Waals surface area (Å²) in [6.07, 6.45) is 8.80. The molecule has 0 aromatic heterocycles. The summed E-state index contributed by atoms with van der Waals surface area (Å²) in [4.78, 5) is 0. The van der Waals surface area contributed by atoms with Crippen LogP contribution in [0.5, 0.6) is 0 Å². The molecule has 1 aliphatic rings. The van der Waals surface area contributed by atoms with Gasteiger partial charge in [0.25, 0.3) is 0 Å². The van der Waals surface area contributed by atoms with E-state index < -0.39 is 0 Å². The molecular formula is C14H19N. The van der Waals surface area contributed by atoms with E-state index in [-0.39, 0.29) is 0 Å². The minimum absolute atomic E-state index is 0.500. The zero-order valence-electron chi connectivity index (χ0n) is 9.50. The molecule has 0 amide bonds. The molecule has 0 spiro atoms. The Kier molecular flexibility index (Phi) is 4.37. The highest BCUT2D eigenvalue weighted by Gasteiger charge is 2.18. The molecule has 0 radical (unpaired) electrons. The van der Waals surface area contributed by atoms with Crippen molar-refractivity contribution < 1.29 is 0 Å². The predicted octanol–water partition coefficient (Wildman–Crippen LogP) is 4.00. The Bertz CT molecular complexity index is 309. The summed E-state index contributed by atoms with van der Waals surface area (Å²) in [6, 6.07) is 2.01. The summed E-state index contributed by atoms with van der Waals surface area (Å²) >= 11 is 0. The fourth-order valence-corrected chi connectivity index (χ4v) is 2.01. The summed E-state index contributed by atoms with van der Waals surface area (Å²) in [6.45, 7) is 10.00. The average Bonchev–Trinajstić information content (AvgIpc) is 2.26. The summed E-state index contributed by atoms with van der Waals surface area (Å²) < 4.78 is 0. The van der Waals surface area contributed by atoms with Crippen LogP contribution in [-0.4, -0.2) is 0 Å². The van der Waals surface area contributed by atoms with E-state index in [9.17, 15) is 0 Å². The van der Waals surface area contributed by atoms with Gasteiger partial charge in [-0.2, -0.15) is 5.26 Å². The number of hydrogen-bond donors (Lipinski definition) is 0. The first-order chi connectivity index (χ1) is 7.13. The second kappa shape index (κ2) is 5.56. The van der Waals surface area contributed by atoms with E-state index in [4.69, 9.17) is 5.26 Å². The van der Waals surface area contributed by atoms with Crippen molar-refractivity contribution in [2.75, 3.05) is 0 Å². The maximum absolute atomic E-state index is 8.56. The number of allylic oxidation sites excluding steroid dienone is 4. The lowest BCUT2D eigenvalue weighted by atomic mass is 9.79. The fourth-order valence-electron chi connectivity index (χ4n) is 2.01. The lowest BCUT2D eigenvalue weighted by Gasteiger charge is -2.26. The highest BCUT2D eigenvalue weighted by atomic mass is 14.2. The molecule has 1 aliphatic carbocycles. The van der Waals surface area contributed by atoms with Gasteiger partial charge in [0.2, 0.25) is 0 Å². The summed E-state index contributed by atoms with van der Waals surface area (Å²) in [5.41, 5.74) is 1.65. The topological polar surface area (TPSA) is 23.8 Å². The van der Waals surface area contributed by atoms with Gasteiger partial charge in [-0.25, -0.2) is 0 Å². The molecule has 0 atom stereocenters. The van der Waals surface area contributed by atoms with Crippen LogP contribution < -0.4 is 0 Å². The van der Waals surface area contributed by atoms with Crippen molar-refractivity contribution in [3.05, 3.63) is 36.5 Å². The Morgan fingerprint density at radius 1 is 1.20 bits per heavy atom. The van der Waals surface area contributed by atoms with Crippen LogP contribution in [0.25, 0.3) is 0 Å². The van der Waals surface area contributed by atoms with Crippen molar-refractivity contribution in [2.24, 2.45) is 11.8 Å². The van der Waals surface area contributed by atoms with Crippen LogP contribution in [0.3, 0.4) is 0 Å². The third-order valence-electron chi connectivity index (χ3n) is 3.18. The van der Waals surface area contributed by atoms with Gasteiger partial charge in [-0.05, 0) is 30.8 Å². The lowest BCUT2D eigenvalue weighted by Crippen LogP contribution is -2.13. The first kappa shape index (κ1) is 11.8. The molecule has 1 nitrogen and oxygen atoms in total. The number of hydrogen-bond acceptors (Lipinski definition) is 1. The van der Waals surface area contributed by atoms with Crippen LogP contribution in [0.4, 0.5) is 0 Å². The summed E-state index contributed by atoms with van der Waals surface area (Å²) in [5.74, 6) is 1.48. The van der Waals surface area contributed by atoms with Crippen molar-refractivity contribution >= 4 is 0 Å². The maximum Gasteiger partial charge on any atom is 0.0985 e. The van der Waals surface area contributed by atoms with Gasteiger partial charge in [0, 0.05) is 5.57 Å². The number of nitrogens with zero attached hydrogens (tertiary/aromatic N) is 1. The van der Waals surface area contributed by atoms with E-state index in [0.717, 1.165) is 11.5 Å². The van der Waals surface area contributed by atoms with Gasteiger partial charge in [-0.3, -0.25) is 0 Å². The van der Waals surface area contributed by atoms with E-state index >= 15 is 0 Å². The molecule has 80 valence electrons. The van der Waals surface area contributed by atoms with Gasteiger partial charge in [0.05, 0.1) is 6.07 Å². The van der Waals surface area contributed by atoms with Crippen LogP contribution >= 0.6 is 0 Å². The van der Waals surface area contributed by atoms with E-state index in [0.29, 0.717) is 11.5 Å². The molecule has 1 fully saturated rings. The lowest BCUT2D eigenvalue weighted by molar-refractivity contribution is 0.324. The maximum atomic E-state index is 8.56. The SMILES string of the molecule is C=C(C#N)/C=C\C(=C)C1CCC(C)CC1. The predicted molar refractivity (Wildman–Crippen MR) is 64.2 cm³/mol. The van der Waals surface area contributed by atoms with Crippen LogP contribution in [0.1, 0.15) is 32.6 Å². The van der Waals surface area contributed by atoms with Crippen molar-refractivity contribution in [2.45, 2.75) is 32.6 Å². The Morgan fingerprint density at radius 3 is 2.33 bits per heavy atom. The van der Waals surface area contributed by atoms with Crippen LogP contribution in [-0.2, 0) is 0 Å². The van der Waals surface area contributed by atoms with Crippen LogP contribution in [0, 0.1) is 23.2 Å². The van der Waals surface area contributed by atoms with Crippen molar-refractivity contribution in [1.29, 1.82) is 5.26 Å². The highest BCUT2D eigenvalue weighted by molar-refractivity contribution is 5.34. The van der Waals surface area contributed by atoms with Gasteiger partial charge in [-0.1, -0.05) is 44.6 Å². The molecule has 0 aromatic carbocycles. The Hall–Kier alpha value is -1.29. The fraction of sp³-hybridized carbons (Fsp3) is 0.500. The zero-order valence-corrected chi connectivity index (χ0v) is 9.50. The molecule has 0 aromatic rings. The second-order valence-electron chi connectivity index (χ2n) is 4.50. The average molecular weight is 201 g/mol. The van der Waals surface area contributed by atoms with Crippen molar-refractivity contribution in [3.8, 4) is 6.07 Å². The minimum Gasteiger partial charge on any atom is -0.192 e. The Balaban J connectivity index is 2.45. The molecule has 1 rings (SSSR count). The Labute approximate surface area is 92.8 Å². The van der Waals surface area contributed by atoms with Gasteiger partial charge < -0.3 is 0 Å². The molecule has 1 saturated carbocycles. The smallest absolute Gasteiger partial charge is 0.0985 e. The highest BCUT2D eigenvalue weighted by Crippen LogP contribution is 2.32. The zero-order chi connectivity index (χ0) is 11.3. The second-order valence-corrected chi connectivity index (χ2v) is 4.50. The molecule has 0 saturated heterocycles. The molecule has 0 N–H and O–H groups in total. The van der Waals surface area contributed by atoms with Crippen LogP contribution in [0.2, 0.25) is 0 Å². The normalized spacial score (nSPS) is 26.1. The molecule has 0 aliphatic heterocycles. The van der Waals surface area contributed by atoms with E-state index in [1.165, 1.54) is 25.7 Å². The molecular weight excluding hydrogens is 182 g/mol. The molecule has 15 heavy (non-hydrogen) atoms. The monoisotopic (exact) mass is 201 g/mol. The minimum atomic E-state index is 0.500. The standard InChI is InChI=1S/C14H19N/c1-11-5-8-14(9-6-11)13(3)7-4-12(2)10-15/h4,7,11,14H,2-3,5-6,8-9H2,1H3/b7-4-. The number of rotatable bonds is 3. The van der Waals surface area contributed by atoms with E-state index in [2.05, 4.69) is 20.1 Å². The van der Waals surface area contributed by atoms with Gasteiger partial charge in [0.1, 0.15) is 0 Å². The molecule has 0 unspecified atom stereocenters. The first-order valence-electron chi connectivity index (χ1n) is 5.59. The van der Waals surface area contributed by atoms with Gasteiger partial charge >= 0.3 is 0 Å². The van der Waals surface area contributed by atoms with E-state index in [1.54, 1.807) is 6.08 Å². The van der Waals surface area contributed by atoms with E-state index in [1.807, 2.05) is 12.1 Å².